The number of ether oxygens (including phenoxy) is 2. The number of benzene rings is 3. The Morgan fingerprint density at radius 3 is 2.35 bits per heavy atom. The lowest BCUT2D eigenvalue weighted by Crippen LogP contribution is -2.31. The van der Waals surface area contributed by atoms with Crippen LogP contribution in [0.2, 0.25) is 0 Å². The molecule has 1 amide bonds. The number of hydrogen-bond donors (Lipinski definition) is 0. The molecule has 0 unspecified atom stereocenters. The molecule has 3 aromatic rings. The highest BCUT2D eigenvalue weighted by molar-refractivity contribution is 5.76. The molecule has 0 spiro atoms. The SMILES string of the molecule is CCc1cc(-c2ccc(C)cc2CN2C(=O)O[C@H](c3cc(C)cc(C(F)(F)F)c3)[C@@H]2C)c(OC)cc1F. The number of halogens is 4. The molecule has 1 saturated heterocycles. The molecule has 37 heavy (non-hydrogen) atoms. The lowest BCUT2D eigenvalue weighted by molar-refractivity contribution is -0.137. The zero-order valence-electron chi connectivity index (χ0n) is 21.4. The minimum Gasteiger partial charge on any atom is -0.496 e. The zero-order chi connectivity index (χ0) is 27.1. The Kier molecular flexibility index (Phi) is 7.22. The summed E-state index contributed by atoms with van der Waals surface area (Å²) in [7, 11) is 1.47. The van der Waals surface area contributed by atoms with Gasteiger partial charge in [0.05, 0.1) is 25.3 Å². The van der Waals surface area contributed by atoms with Crippen molar-refractivity contribution in [3.8, 4) is 16.9 Å². The molecule has 0 aromatic heterocycles. The average molecular weight is 516 g/mol. The number of cyclic esters (lactones) is 1. The first-order valence-electron chi connectivity index (χ1n) is 12.0. The number of methoxy groups -OCH3 is 1. The van der Waals surface area contributed by atoms with Gasteiger partial charge in [-0.1, -0.05) is 42.3 Å². The topological polar surface area (TPSA) is 38.8 Å². The zero-order valence-corrected chi connectivity index (χ0v) is 21.4. The molecule has 2 atom stereocenters. The first kappa shape index (κ1) is 26.5. The molecule has 8 heteroatoms. The summed E-state index contributed by atoms with van der Waals surface area (Å²) >= 11 is 0. The number of hydrogen-bond acceptors (Lipinski definition) is 3. The van der Waals surface area contributed by atoms with Crippen LogP contribution < -0.4 is 4.74 Å². The van der Waals surface area contributed by atoms with E-state index in [1.54, 1.807) is 26.0 Å². The number of nitrogens with zero attached hydrogens (tertiary/aromatic N) is 1. The minimum atomic E-state index is -4.51. The van der Waals surface area contributed by atoms with Gasteiger partial charge in [-0.05, 0) is 67.6 Å². The standard InChI is InChI=1S/C29H29F4NO3/c1-6-19-13-24(26(36-5)14-25(19)30)23-8-7-16(2)9-21(23)15-34-18(4)27(37-28(34)35)20-10-17(3)11-22(12-20)29(31,32)33/h7-14,18,27H,6,15H2,1-5H3/t18-,27-/m0/s1. The van der Waals surface area contributed by atoms with Crippen LogP contribution in [-0.2, 0) is 23.9 Å². The molecule has 1 aliphatic heterocycles. The van der Waals surface area contributed by atoms with Gasteiger partial charge >= 0.3 is 12.3 Å². The quantitative estimate of drug-likeness (QED) is 0.315. The van der Waals surface area contributed by atoms with Crippen LogP contribution in [0.25, 0.3) is 11.1 Å². The molecule has 1 heterocycles. The molecule has 0 radical (unpaired) electrons. The van der Waals surface area contributed by atoms with Crippen molar-refractivity contribution < 1.29 is 31.8 Å². The second-order valence-corrected chi connectivity index (χ2v) is 9.46. The molecular weight excluding hydrogens is 486 g/mol. The van der Waals surface area contributed by atoms with Crippen LogP contribution in [0.1, 0.15) is 53.3 Å². The van der Waals surface area contributed by atoms with Crippen molar-refractivity contribution in [3.63, 3.8) is 0 Å². The number of amides is 1. The molecule has 0 saturated carbocycles. The van der Waals surface area contributed by atoms with E-state index in [-0.39, 0.29) is 12.4 Å². The Labute approximate surface area is 213 Å². The van der Waals surface area contributed by atoms with Gasteiger partial charge < -0.3 is 9.47 Å². The Hall–Kier alpha value is -3.55. The van der Waals surface area contributed by atoms with Crippen molar-refractivity contribution >= 4 is 6.09 Å². The third-order valence-electron chi connectivity index (χ3n) is 6.79. The van der Waals surface area contributed by atoms with Gasteiger partial charge in [0.15, 0.2) is 0 Å². The van der Waals surface area contributed by atoms with Crippen LogP contribution in [0.3, 0.4) is 0 Å². The number of rotatable bonds is 6. The largest absolute Gasteiger partial charge is 0.496 e. The van der Waals surface area contributed by atoms with Crippen LogP contribution >= 0.6 is 0 Å². The highest BCUT2D eigenvalue weighted by Crippen LogP contribution is 2.40. The van der Waals surface area contributed by atoms with Gasteiger partial charge in [-0.15, -0.1) is 0 Å². The monoisotopic (exact) mass is 515 g/mol. The average Bonchev–Trinajstić information content (AvgIpc) is 3.11. The molecule has 4 rings (SSSR count). The van der Waals surface area contributed by atoms with Crippen molar-refractivity contribution in [1.82, 2.24) is 4.90 Å². The predicted octanol–water partition coefficient (Wildman–Crippen LogP) is 7.78. The Morgan fingerprint density at radius 1 is 0.973 bits per heavy atom. The van der Waals surface area contributed by atoms with E-state index in [9.17, 15) is 22.4 Å². The molecule has 196 valence electrons. The Balaban J connectivity index is 1.71. The predicted molar refractivity (Wildman–Crippen MR) is 133 cm³/mol. The molecular formula is C29H29F4NO3. The maximum absolute atomic E-state index is 14.4. The van der Waals surface area contributed by atoms with Crippen LogP contribution in [0.5, 0.6) is 5.75 Å². The summed E-state index contributed by atoms with van der Waals surface area (Å²) in [6.07, 6.45) is -5.47. The van der Waals surface area contributed by atoms with E-state index in [0.717, 1.165) is 28.8 Å². The van der Waals surface area contributed by atoms with Crippen LogP contribution in [0, 0.1) is 19.7 Å². The van der Waals surface area contributed by atoms with E-state index in [4.69, 9.17) is 9.47 Å². The van der Waals surface area contributed by atoms with Crippen molar-refractivity contribution in [2.75, 3.05) is 7.11 Å². The number of carbonyl (C=O) groups is 1. The fraction of sp³-hybridized carbons (Fsp3) is 0.345. The maximum atomic E-state index is 14.4. The smallest absolute Gasteiger partial charge is 0.416 e. The first-order valence-corrected chi connectivity index (χ1v) is 12.0. The Morgan fingerprint density at radius 2 is 1.70 bits per heavy atom. The van der Waals surface area contributed by atoms with Gasteiger partial charge in [0.1, 0.15) is 17.7 Å². The fourth-order valence-electron chi connectivity index (χ4n) is 4.85. The summed E-state index contributed by atoms with van der Waals surface area (Å²) in [4.78, 5) is 14.5. The van der Waals surface area contributed by atoms with E-state index < -0.39 is 30.0 Å². The summed E-state index contributed by atoms with van der Waals surface area (Å²) in [5.41, 5.74) is 3.71. The third-order valence-corrected chi connectivity index (χ3v) is 6.79. The highest BCUT2D eigenvalue weighted by Gasteiger charge is 2.41. The number of alkyl halides is 3. The van der Waals surface area contributed by atoms with Crippen molar-refractivity contribution in [3.05, 3.63) is 87.7 Å². The normalized spacial score (nSPS) is 17.8. The summed E-state index contributed by atoms with van der Waals surface area (Å²) in [6, 6.07) is 12.1. The summed E-state index contributed by atoms with van der Waals surface area (Å²) < 4.78 is 65.7. The summed E-state index contributed by atoms with van der Waals surface area (Å²) in [5.74, 6) is 0.0156. The van der Waals surface area contributed by atoms with Gasteiger partial charge in [0.2, 0.25) is 0 Å². The molecule has 0 bridgehead atoms. The van der Waals surface area contributed by atoms with Gasteiger partial charge in [0.25, 0.3) is 0 Å². The second kappa shape index (κ2) is 10.1. The minimum absolute atomic E-state index is 0.160. The molecule has 1 aliphatic rings. The van der Waals surface area contributed by atoms with E-state index in [1.165, 1.54) is 18.1 Å². The highest BCUT2D eigenvalue weighted by atomic mass is 19.4. The first-order chi connectivity index (χ1) is 17.4. The van der Waals surface area contributed by atoms with E-state index in [2.05, 4.69) is 0 Å². The summed E-state index contributed by atoms with van der Waals surface area (Å²) in [6.45, 7) is 7.29. The Bertz CT molecular complexity index is 1340. The lowest BCUT2D eigenvalue weighted by atomic mass is 9.94. The van der Waals surface area contributed by atoms with Gasteiger partial charge in [-0.3, -0.25) is 4.90 Å². The van der Waals surface area contributed by atoms with Crippen LogP contribution in [0.15, 0.2) is 48.5 Å². The second-order valence-electron chi connectivity index (χ2n) is 9.46. The maximum Gasteiger partial charge on any atom is 0.416 e. The summed E-state index contributed by atoms with van der Waals surface area (Å²) in [5, 5.41) is 0. The third kappa shape index (κ3) is 5.29. The van der Waals surface area contributed by atoms with Crippen LogP contribution in [0.4, 0.5) is 22.4 Å². The molecule has 1 fully saturated rings. The number of aryl methyl sites for hydroxylation is 3. The van der Waals surface area contributed by atoms with E-state index in [1.807, 2.05) is 32.0 Å². The molecule has 3 aromatic carbocycles. The van der Waals surface area contributed by atoms with Gasteiger partial charge in [-0.25, -0.2) is 9.18 Å². The van der Waals surface area contributed by atoms with Gasteiger partial charge in [0, 0.05) is 11.6 Å². The fourth-order valence-corrected chi connectivity index (χ4v) is 4.85. The van der Waals surface area contributed by atoms with Crippen molar-refractivity contribution in [1.29, 1.82) is 0 Å². The molecule has 0 N–H and O–H groups in total. The van der Waals surface area contributed by atoms with Crippen LogP contribution in [-0.4, -0.2) is 24.1 Å². The lowest BCUT2D eigenvalue weighted by Gasteiger charge is -2.24. The van der Waals surface area contributed by atoms with E-state index in [0.29, 0.717) is 34.4 Å². The van der Waals surface area contributed by atoms with Gasteiger partial charge in [-0.2, -0.15) is 13.2 Å². The van der Waals surface area contributed by atoms with Crippen molar-refractivity contribution in [2.45, 2.75) is 59.0 Å². The van der Waals surface area contributed by atoms with E-state index >= 15 is 0 Å². The molecule has 4 nitrogen and oxygen atoms in total. The molecule has 0 aliphatic carbocycles. The number of carbonyl (C=O) groups excluding carboxylic acids is 1. The van der Waals surface area contributed by atoms with Crippen molar-refractivity contribution in [2.24, 2.45) is 0 Å².